The number of anilines is 1. The number of alkyl halides is 1. The Morgan fingerprint density at radius 3 is 2.65 bits per heavy atom. The Labute approximate surface area is 152 Å². The average molecular weight is 357 g/mol. The largest absolute Gasteiger partial charge is 0.294 e. The van der Waals surface area contributed by atoms with Gasteiger partial charge in [-0.3, -0.25) is 24.3 Å². The lowest BCUT2D eigenvalue weighted by Crippen LogP contribution is -2.55. The molecule has 0 bridgehead atoms. The number of aryl methyl sites for hydroxylation is 1. The number of piperidine rings is 2. The Morgan fingerprint density at radius 2 is 2.00 bits per heavy atom. The molecule has 2 fully saturated rings. The van der Waals surface area contributed by atoms with Gasteiger partial charge in [0.05, 0.1) is 11.7 Å². The number of rotatable bonds is 3. The van der Waals surface area contributed by atoms with Crippen LogP contribution in [0.15, 0.2) is 36.7 Å². The summed E-state index contributed by atoms with van der Waals surface area (Å²) in [6.45, 7) is 1.83. The number of halogens is 1. The number of nitrogens with zero attached hydrogens (tertiary/aromatic N) is 5. The maximum absolute atomic E-state index is 15.3. The molecule has 0 radical (unpaired) electrons. The topological polar surface area (TPSA) is 54.3 Å². The van der Waals surface area contributed by atoms with E-state index in [0.29, 0.717) is 44.0 Å². The van der Waals surface area contributed by atoms with Crippen LogP contribution in [0, 0.1) is 0 Å². The van der Waals surface area contributed by atoms with Gasteiger partial charge in [-0.1, -0.05) is 6.07 Å². The van der Waals surface area contributed by atoms with E-state index in [1.807, 2.05) is 25.4 Å². The maximum atomic E-state index is 15.3. The molecule has 1 unspecified atom stereocenters. The number of carbonyl (C=O) groups is 1. The molecule has 6 nitrogen and oxygen atoms in total. The highest BCUT2D eigenvalue weighted by molar-refractivity contribution is 5.97. The van der Waals surface area contributed by atoms with Crippen LogP contribution in [0.1, 0.15) is 31.4 Å². The van der Waals surface area contributed by atoms with Crippen molar-refractivity contribution < 1.29 is 9.18 Å². The first-order valence-corrected chi connectivity index (χ1v) is 9.22. The number of likely N-dealkylation sites (tertiary alicyclic amines) is 1. The summed E-state index contributed by atoms with van der Waals surface area (Å²) in [4.78, 5) is 21.1. The predicted octanol–water partition coefficient (Wildman–Crippen LogP) is 2.27. The molecule has 2 aliphatic rings. The molecule has 4 rings (SSSR count). The highest BCUT2D eigenvalue weighted by atomic mass is 19.1. The fourth-order valence-electron chi connectivity index (χ4n) is 4.04. The van der Waals surface area contributed by atoms with Gasteiger partial charge in [0.15, 0.2) is 11.5 Å². The van der Waals surface area contributed by atoms with E-state index in [2.05, 4.69) is 15.0 Å². The second kappa shape index (κ2) is 6.79. The fourth-order valence-corrected chi connectivity index (χ4v) is 4.04. The molecule has 0 spiro atoms. The summed E-state index contributed by atoms with van der Waals surface area (Å²) >= 11 is 0. The first-order chi connectivity index (χ1) is 12.6. The summed E-state index contributed by atoms with van der Waals surface area (Å²) in [7, 11) is 1.85. The number of aromatic nitrogens is 3. The summed E-state index contributed by atoms with van der Waals surface area (Å²) in [5.74, 6) is 0.784. The molecule has 138 valence electrons. The average Bonchev–Trinajstić information content (AvgIpc) is 3.10. The van der Waals surface area contributed by atoms with Crippen LogP contribution in [0.25, 0.3) is 0 Å². The number of amides is 1. The normalized spacial score (nSPS) is 24.0. The number of carbonyl (C=O) groups excluding carboxylic acids is 1. The molecule has 2 aliphatic heterocycles. The third kappa shape index (κ3) is 3.11. The van der Waals surface area contributed by atoms with Crippen LogP contribution in [-0.4, -0.2) is 51.2 Å². The first-order valence-electron chi connectivity index (χ1n) is 9.22. The maximum Gasteiger partial charge on any atom is 0.245 e. The molecule has 7 heteroatoms. The van der Waals surface area contributed by atoms with Crippen LogP contribution in [0.4, 0.5) is 10.2 Å². The SMILES string of the molecule is Cn1ccc(N2CCCC(N3CCC(F)(c4ccccn4)CC3)C2=O)n1. The van der Waals surface area contributed by atoms with Crippen LogP contribution < -0.4 is 4.90 Å². The van der Waals surface area contributed by atoms with Gasteiger partial charge in [-0.05, 0) is 37.8 Å². The fraction of sp³-hybridized carbons (Fsp3) is 0.526. The van der Waals surface area contributed by atoms with Gasteiger partial charge in [0.25, 0.3) is 0 Å². The molecule has 2 aromatic rings. The quantitative estimate of drug-likeness (QED) is 0.846. The van der Waals surface area contributed by atoms with E-state index in [0.717, 1.165) is 12.8 Å². The molecular formula is C19H24FN5O. The smallest absolute Gasteiger partial charge is 0.245 e. The van der Waals surface area contributed by atoms with Gasteiger partial charge in [0.2, 0.25) is 5.91 Å². The molecule has 0 saturated carbocycles. The molecule has 2 aromatic heterocycles. The molecule has 2 saturated heterocycles. The third-order valence-electron chi connectivity index (χ3n) is 5.54. The standard InChI is InChI=1S/C19H24FN5O/c1-23-12-7-17(22-23)25-11-4-5-15(18(25)26)24-13-8-19(20,9-14-24)16-6-2-3-10-21-16/h2-3,6-7,10,12,15H,4-5,8-9,11,13-14H2,1H3. The summed E-state index contributed by atoms with van der Waals surface area (Å²) < 4.78 is 17.0. The number of pyridine rings is 1. The van der Waals surface area contributed by atoms with Crippen molar-refractivity contribution in [3.05, 3.63) is 42.4 Å². The minimum Gasteiger partial charge on any atom is -0.294 e. The lowest BCUT2D eigenvalue weighted by atomic mass is 9.88. The number of hydrogen-bond acceptors (Lipinski definition) is 4. The molecule has 0 N–H and O–H groups in total. The highest BCUT2D eigenvalue weighted by Crippen LogP contribution is 2.37. The van der Waals surface area contributed by atoms with Crippen LogP contribution >= 0.6 is 0 Å². The molecule has 0 aliphatic carbocycles. The van der Waals surface area contributed by atoms with Crippen molar-refractivity contribution in [1.29, 1.82) is 0 Å². The minimum atomic E-state index is -1.39. The summed E-state index contributed by atoms with van der Waals surface area (Å²) in [5.41, 5.74) is -0.888. The zero-order chi connectivity index (χ0) is 18.1. The van der Waals surface area contributed by atoms with Crippen molar-refractivity contribution in [2.45, 2.75) is 37.4 Å². The van der Waals surface area contributed by atoms with E-state index < -0.39 is 5.67 Å². The van der Waals surface area contributed by atoms with Gasteiger partial charge in [0.1, 0.15) is 0 Å². The molecule has 26 heavy (non-hydrogen) atoms. The van der Waals surface area contributed by atoms with Crippen LogP contribution in [0.3, 0.4) is 0 Å². The molecular weight excluding hydrogens is 333 g/mol. The Kier molecular flexibility index (Phi) is 4.48. The van der Waals surface area contributed by atoms with E-state index in [1.165, 1.54) is 0 Å². The lowest BCUT2D eigenvalue weighted by Gasteiger charge is -2.42. The molecule has 4 heterocycles. The first kappa shape index (κ1) is 17.1. The van der Waals surface area contributed by atoms with Gasteiger partial charge >= 0.3 is 0 Å². The van der Waals surface area contributed by atoms with E-state index >= 15 is 4.39 Å². The Balaban J connectivity index is 1.45. The Bertz CT molecular complexity index is 769. The van der Waals surface area contributed by atoms with Crippen molar-refractivity contribution in [2.24, 2.45) is 7.05 Å². The molecule has 0 aromatic carbocycles. The zero-order valence-electron chi connectivity index (χ0n) is 15.0. The van der Waals surface area contributed by atoms with Gasteiger partial charge < -0.3 is 0 Å². The monoisotopic (exact) mass is 357 g/mol. The highest BCUT2D eigenvalue weighted by Gasteiger charge is 2.42. The predicted molar refractivity (Wildman–Crippen MR) is 96.4 cm³/mol. The molecule has 1 amide bonds. The Morgan fingerprint density at radius 1 is 1.19 bits per heavy atom. The van der Waals surface area contributed by atoms with E-state index in [1.54, 1.807) is 27.9 Å². The number of hydrogen-bond donors (Lipinski definition) is 0. The van der Waals surface area contributed by atoms with Gasteiger partial charge in [-0.2, -0.15) is 5.10 Å². The van der Waals surface area contributed by atoms with Gasteiger partial charge in [-0.15, -0.1) is 0 Å². The molecule has 1 atom stereocenters. The van der Waals surface area contributed by atoms with Crippen molar-refractivity contribution >= 4 is 11.7 Å². The third-order valence-corrected chi connectivity index (χ3v) is 5.54. The zero-order valence-corrected chi connectivity index (χ0v) is 15.0. The second-order valence-electron chi connectivity index (χ2n) is 7.21. The van der Waals surface area contributed by atoms with Crippen molar-refractivity contribution in [1.82, 2.24) is 19.7 Å². The van der Waals surface area contributed by atoms with Crippen LogP contribution in [-0.2, 0) is 17.5 Å². The van der Waals surface area contributed by atoms with E-state index in [-0.39, 0.29) is 11.9 Å². The van der Waals surface area contributed by atoms with Gasteiger partial charge in [-0.25, -0.2) is 4.39 Å². The van der Waals surface area contributed by atoms with Crippen molar-refractivity contribution in [2.75, 3.05) is 24.5 Å². The second-order valence-corrected chi connectivity index (χ2v) is 7.21. The van der Waals surface area contributed by atoms with E-state index in [4.69, 9.17) is 0 Å². The lowest BCUT2D eigenvalue weighted by molar-refractivity contribution is -0.126. The van der Waals surface area contributed by atoms with E-state index in [9.17, 15) is 4.79 Å². The van der Waals surface area contributed by atoms with Gasteiger partial charge in [0, 0.05) is 45.1 Å². The Hall–Kier alpha value is -2.28. The summed E-state index contributed by atoms with van der Waals surface area (Å²) in [5, 5.41) is 4.36. The van der Waals surface area contributed by atoms with Crippen molar-refractivity contribution in [3.8, 4) is 0 Å². The van der Waals surface area contributed by atoms with Crippen LogP contribution in [0.5, 0.6) is 0 Å². The van der Waals surface area contributed by atoms with Crippen molar-refractivity contribution in [3.63, 3.8) is 0 Å². The van der Waals surface area contributed by atoms with Crippen LogP contribution in [0.2, 0.25) is 0 Å². The minimum absolute atomic E-state index is 0.0825. The summed E-state index contributed by atoms with van der Waals surface area (Å²) in [6, 6.07) is 7.06. The summed E-state index contributed by atoms with van der Waals surface area (Å²) in [6.07, 6.45) is 5.99.